The lowest BCUT2D eigenvalue weighted by atomic mass is 10.1. The Bertz CT molecular complexity index is 698. The molecule has 6 nitrogen and oxygen atoms in total. The van der Waals surface area contributed by atoms with Gasteiger partial charge >= 0.3 is 0 Å². The maximum absolute atomic E-state index is 8.90. The average molecular weight is 425 g/mol. The minimum atomic E-state index is 0. The number of nitrogens with one attached hydrogen (secondary N) is 2. The van der Waals surface area contributed by atoms with Gasteiger partial charge in [0.1, 0.15) is 5.76 Å². The first-order valence-corrected chi connectivity index (χ1v) is 6.99. The fraction of sp³-hybridized carbons (Fsp3) is 0.312. The topological polar surface area (TPSA) is 86.2 Å². The third-order valence-corrected chi connectivity index (χ3v) is 3.22. The molecule has 7 heteroatoms. The zero-order chi connectivity index (χ0) is 15.9. The number of nitriles is 1. The molecule has 2 N–H and O–H groups in total. The highest BCUT2D eigenvalue weighted by Gasteiger charge is 2.06. The van der Waals surface area contributed by atoms with Crippen molar-refractivity contribution in [2.45, 2.75) is 26.9 Å². The molecule has 2 aromatic rings. The van der Waals surface area contributed by atoms with Crippen molar-refractivity contribution in [2.75, 3.05) is 7.05 Å². The number of oxazole rings is 1. The van der Waals surface area contributed by atoms with E-state index in [0.717, 1.165) is 17.0 Å². The molecule has 0 fully saturated rings. The van der Waals surface area contributed by atoms with Crippen LogP contribution in [0.2, 0.25) is 0 Å². The molecule has 0 saturated carbocycles. The maximum atomic E-state index is 8.90. The molecule has 0 saturated heterocycles. The molecule has 2 rings (SSSR count). The number of guanidine groups is 1. The first-order valence-electron chi connectivity index (χ1n) is 6.99. The third kappa shape index (κ3) is 5.56. The number of aromatic nitrogens is 1. The summed E-state index contributed by atoms with van der Waals surface area (Å²) in [6.45, 7) is 4.85. The molecule has 0 aliphatic heterocycles. The Labute approximate surface area is 153 Å². The van der Waals surface area contributed by atoms with Gasteiger partial charge in [0.2, 0.25) is 5.89 Å². The molecule has 0 radical (unpaired) electrons. The third-order valence-electron chi connectivity index (χ3n) is 3.22. The molecular weight excluding hydrogens is 405 g/mol. The summed E-state index contributed by atoms with van der Waals surface area (Å²) in [5.74, 6) is 2.10. The first kappa shape index (κ1) is 19.0. The van der Waals surface area contributed by atoms with Crippen molar-refractivity contribution in [3.05, 3.63) is 52.7 Å². The quantitative estimate of drug-likeness (QED) is 0.447. The van der Waals surface area contributed by atoms with E-state index in [-0.39, 0.29) is 24.0 Å². The smallest absolute Gasteiger partial charge is 0.214 e. The average Bonchev–Trinajstić information content (AvgIpc) is 2.86. The fourth-order valence-corrected chi connectivity index (χ4v) is 1.93. The summed E-state index contributed by atoms with van der Waals surface area (Å²) in [5, 5.41) is 15.2. The lowest BCUT2D eigenvalue weighted by Crippen LogP contribution is -2.36. The van der Waals surface area contributed by atoms with E-state index in [9.17, 15) is 0 Å². The molecule has 1 aromatic heterocycles. The SMILES string of the molecule is CN=C(NCc1cccc(C#N)c1)NCc1nc(C)c(C)o1.I. The molecule has 0 amide bonds. The Morgan fingerprint density at radius 3 is 2.65 bits per heavy atom. The molecule has 1 heterocycles. The van der Waals surface area contributed by atoms with Crippen LogP contribution in [-0.4, -0.2) is 18.0 Å². The van der Waals surface area contributed by atoms with Crippen molar-refractivity contribution in [3.63, 3.8) is 0 Å². The predicted octanol–water partition coefficient (Wildman–Crippen LogP) is 2.65. The number of rotatable bonds is 4. The Morgan fingerprint density at radius 2 is 2.04 bits per heavy atom. The highest BCUT2D eigenvalue weighted by Crippen LogP contribution is 2.07. The van der Waals surface area contributed by atoms with Gasteiger partial charge in [-0.3, -0.25) is 4.99 Å². The van der Waals surface area contributed by atoms with E-state index in [1.807, 2.05) is 32.0 Å². The first-order chi connectivity index (χ1) is 10.6. The monoisotopic (exact) mass is 425 g/mol. The van der Waals surface area contributed by atoms with Gasteiger partial charge in [-0.25, -0.2) is 4.98 Å². The molecular formula is C16H20IN5O. The highest BCUT2D eigenvalue weighted by molar-refractivity contribution is 14.0. The molecule has 122 valence electrons. The maximum Gasteiger partial charge on any atom is 0.214 e. The molecule has 23 heavy (non-hydrogen) atoms. The number of aliphatic imine (C=N–C) groups is 1. The lowest BCUT2D eigenvalue weighted by molar-refractivity contribution is 0.463. The van der Waals surface area contributed by atoms with E-state index in [4.69, 9.17) is 9.68 Å². The van der Waals surface area contributed by atoms with E-state index >= 15 is 0 Å². The minimum absolute atomic E-state index is 0. The largest absolute Gasteiger partial charge is 0.444 e. The van der Waals surface area contributed by atoms with Crippen LogP contribution in [0.25, 0.3) is 0 Å². The second kappa shape index (κ2) is 9.15. The standard InChI is InChI=1S/C16H19N5O.HI/c1-11-12(2)22-15(21-11)10-20-16(18-3)19-9-14-6-4-5-13(7-14)8-17;/h4-7H,9-10H2,1-3H3,(H2,18,19,20);1H. The van der Waals surface area contributed by atoms with Crippen LogP contribution in [0.5, 0.6) is 0 Å². The second-order valence-corrected chi connectivity index (χ2v) is 4.84. The van der Waals surface area contributed by atoms with Crippen LogP contribution in [-0.2, 0) is 13.1 Å². The summed E-state index contributed by atoms with van der Waals surface area (Å²) in [4.78, 5) is 8.46. The van der Waals surface area contributed by atoms with Crippen LogP contribution in [0.1, 0.15) is 28.5 Å². The summed E-state index contributed by atoms with van der Waals surface area (Å²) in [6, 6.07) is 9.58. The van der Waals surface area contributed by atoms with Crippen LogP contribution < -0.4 is 10.6 Å². The summed E-state index contributed by atoms with van der Waals surface area (Å²) in [5.41, 5.74) is 2.56. The molecule has 0 bridgehead atoms. The van der Waals surface area contributed by atoms with Gasteiger partial charge in [0.05, 0.1) is 23.9 Å². The van der Waals surface area contributed by atoms with Crippen LogP contribution in [0.3, 0.4) is 0 Å². The van der Waals surface area contributed by atoms with Gasteiger partial charge in [-0.05, 0) is 31.5 Å². The van der Waals surface area contributed by atoms with Crippen LogP contribution >= 0.6 is 24.0 Å². The Kier molecular flexibility index (Phi) is 7.54. The Hall–Kier alpha value is -2.08. The van der Waals surface area contributed by atoms with Gasteiger partial charge in [-0.15, -0.1) is 24.0 Å². The van der Waals surface area contributed by atoms with E-state index in [1.165, 1.54) is 0 Å². The van der Waals surface area contributed by atoms with E-state index in [1.54, 1.807) is 13.1 Å². The number of aryl methyl sites for hydroxylation is 2. The Morgan fingerprint density at radius 1 is 1.30 bits per heavy atom. The van der Waals surface area contributed by atoms with Crippen LogP contribution in [0, 0.1) is 25.2 Å². The predicted molar refractivity (Wildman–Crippen MR) is 99.6 cm³/mol. The van der Waals surface area contributed by atoms with Gasteiger partial charge in [-0.2, -0.15) is 5.26 Å². The lowest BCUT2D eigenvalue weighted by Gasteiger charge is -2.10. The molecule has 0 atom stereocenters. The highest BCUT2D eigenvalue weighted by atomic mass is 127. The number of halogens is 1. The molecule has 1 aromatic carbocycles. The molecule has 0 aliphatic rings. The van der Waals surface area contributed by atoms with Crippen molar-refractivity contribution in [1.82, 2.24) is 15.6 Å². The van der Waals surface area contributed by atoms with Gasteiger partial charge < -0.3 is 15.1 Å². The van der Waals surface area contributed by atoms with E-state index in [2.05, 4.69) is 26.7 Å². The summed E-state index contributed by atoms with van der Waals surface area (Å²) in [6.07, 6.45) is 0. The van der Waals surface area contributed by atoms with Gasteiger partial charge in [-0.1, -0.05) is 12.1 Å². The van der Waals surface area contributed by atoms with Crippen molar-refractivity contribution < 1.29 is 4.42 Å². The molecule has 0 spiro atoms. The molecule has 0 unspecified atom stereocenters. The number of nitrogens with zero attached hydrogens (tertiary/aromatic N) is 3. The van der Waals surface area contributed by atoms with Crippen molar-refractivity contribution >= 4 is 29.9 Å². The van der Waals surface area contributed by atoms with Crippen molar-refractivity contribution in [3.8, 4) is 6.07 Å². The second-order valence-electron chi connectivity index (χ2n) is 4.84. The zero-order valence-corrected chi connectivity index (χ0v) is 15.7. The van der Waals surface area contributed by atoms with Crippen molar-refractivity contribution in [1.29, 1.82) is 5.26 Å². The summed E-state index contributed by atoms with van der Waals surface area (Å²) in [7, 11) is 1.70. The van der Waals surface area contributed by atoms with E-state index < -0.39 is 0 Å². The fourth-order valence-electron chi connectivity index (χ4n) is 1.93. The van der Waals surface area contributed by atoms with Crippen LogP contribution in [0.4, 0.5) is 0 Å². The molecule has 0 aliphatic carbocycles. The number of benzene rings is 1. The summed E-state index contributed by atoms with van der Waals surface area (Å²) < 4.78 is 5.51. The number of hydrogen-bond donors (Lipinski definition) is 2. The number of hydrogen-bond acceptors (Lipinski definition) is 4. The minimum Gasteiger partial charge on any atom is -0.444 e. The van der Waals surface area contributed by atoms with Gasteiger partial charge in [0, 0.05) is 13.6 Å². The van der Waals surface area contributed by atoms with Gasteiger partial charge in [0.15, 0.2) is 5.96 Å². The van der Waals surface area contributed by atoms with Crippen molar-refractivity contribution in [2.24, 2.45) is 4.99 Å². The van der Waals surface area contributed by atoms with Gasteiger partial charge in [0.25, 0.3) is 0 Å². The van der Waals surface area contributed by atoms with E-state index in [0.29, 0.717) is 30.5 Å². The zero-order valence-electron chi connectivity index (χ0n) is 13.4. The van der Waals surface area contributed by atoms with Crippen LogP contribution in [0.15, 0.2) is 33.7 Å². The Balaban J connectivity index is 0.00000264. The normalized spacial score (nSPS) is 10.6. The summed E-state index contributed by atoms with van der Waals surface area (Å²) >= 11 is 0.